The third kappa shape index (κ3) is 3.33. The van der Waals surface area contributed by atoms with E-state index in [0.717, 1.165) is 0 Å². The molecule has 0 saturated carbocycles. The third-order valence-electron chi connectivity index (χ3n) is 5.12. The van der Waals surface area contributed by atoms with Crippen LogP contribution in [0.4, 0.5) is 0 Å². The quantitative estimate of drug-likeness (QED) is 0.321. The monoisotopic (exact) mass is 424 g/mol. The Balaban J connectivity index is 0.000000135. The van der Waals surface area contributed by atoms with Crippen molar-refractivity contribution in [2.24, 2.45) is 0 Å². The van der Waals surface area contributed by atoms with Gasteiger partial charge in [-0.3, -0.25) is 9.59 Å². The van der Waals surface area contributed by atoms with Crippen LogP contribution in [0.1, 0.15) is 0 Å². The molecular formula is C26H16O6. The first-order chi connectivity index (χ1) is 15.5. The first-order valence-corrected chi connectivity index (χ1v) is 9.80. The zero-order valence-corrected chi connectivity index (χ0v) is 16.6. The van der Waals surface area contributed by atoms with Gasteiger partial charge in [-0.25, -0.2) is 0 Å². The van der Waals surface area contributed by atoms with Crippen LogP contribution in [0.3, 0.4) is 0 Å². The summed E-state index contributed by atoms with van der Waals surface area (Å²) < 4.78 is 11.1. The number of hydrogen-bond donors (Lipinski definition) is 2. The fourth-order valence-corrected chi connectivity index (χ4v) is 3.58. The van der Waals surface area contributed by atoms with Crippen molar-refractivity contribution in [3.8, 4) is 11.5 Å². The van der Waals surface area contributed by atoms with E-state index >= 15 is 0 Å². The second kappa shape index (κ2) is 7.59. The van der Waals surface area contributed by atoms with Crippen molar-refractivity contribution < 1.29 is 19.0 Å². The van der Waals surface area contributed by atoms with E-state index in [-0.39, 0.29) is 22.4 Å². The molecule has 4 aromatic carbocycles. The van der Waals surface area contributed by atoms with Gasteiger partial charge in [-0.05, 0) is 48.5 Å². The summed E-state index contributed by atoms with van der Waals surface area (Å²) in [5.41, 5.74) is 1.73. The van der Waals surface area contributed by atoms with Gasteiger partial charge < -0.3 is 19.0 Å². The Morgan fingerprint density at radius 2 is 0.844 bits per heavy atom. The highest BCUT2D eigenvalue weighted by atomic mass is 16.3. The number of fused-ring (bicyclic) bond motifs is 4. The van der Waals surface area contributed by atoms with Crippen molar-refractivity contribution in [2.45, 2.75) is 0 Å². The van der Waals surface area contributed by atoms with Crippen LogP contribution in [-0.2, 0) is 0 Å². The first-order valence-electron chi connectivity index (χ1n) is 9.80. The van der Waals surface area contributed by atoms with Crippen molar-refractivity contribution in [2.75, 3.05) is 0 Å². The molecule has 0 saturated heterocycles. The van der Waals surface area contributed by atoms with Gasteiger partial charge in [-0.1, -0.05) is 24.3 Å². The highest BCUT2D eigenvalue weighted by Gasteiger charge is 2.08. The molecule has 0 aliphatic carbocycles. The van der Waals surface area contributed by atoms with Crippen LogP contribution in [0, 0.1) is 0 Å². The molecule has 0 atom stereocenters. The van der Waals surface area contributed by atoms with Crippen LogP contribution in [0.5, 0.6) is 11.5 Å². The van der Waals surface area contributed by atoms with Crippen LogP contribution in [0.25, 0.3) is 43.9 Å². The largest absolute Gasteiger partial charge is 0.508 e. The zero-order valence-electron chi connectivity index (χ0n) is 16.6. The molecule has 6 nitrogen and oxygen atoms in total. The molecule has 0 fully saturated rings. The van der Waals surface area contributed by atoms with Gasteiger partial charge in [0.15, 0.2) is 0 Å². The Kier molecular flexibility index (Phi) is 4.60. The second-order valence-corrected chi connectivity index (χ2v) is 7.22. The number of phenols is 2. The minimum Gasteiger partial charge on any atom is -0.508 e. The Hall–Kier alpha value is -4.58. The number of para-hydroxylation sites is 2. The van der Waals surface area contributed by atoms with E-state index in [0.29, 0.717) is 43.9 Å². The summed E-state index contributed by atoms with van der Waals surface area (Å²) in [6.45, 7) is 0. The lowest BCUT2D eigenvalue weighted by molar-refractivity contribution is 0.474. The number of rotatable bonds is 0. The van der Waals surface area contributed by atoms with Crippen molar-refractivity contribution in [1.29, 1.82) is 0 Å². The average Bonchev–Trinajstić information content (AvgIpc) is 2.79. The summed E-state index contributed by atoms with van der Waals surface area (Å²) >= 11 is 0. The van der Waals surface area contributed by atoms with Gasteiger partial charge in [0.05, 0.1) is 21.5 Å². The predicted molar refractivity (Wildman–Crippen MR) is 123 cm³/mol. The molecule has 2 N–H and O–H groups in total. The van der Waals surface area contributed by atoms with Crippen LogP contribution in [0.2, 0.25) is 0 Å². The molecule has 0 amide bonds. The van der Waals surface area contributed by atoms with Crippen molar-refractivity contribution in [1.82, 2.24) is 0 Å². The van der Waals surface area contributed by atoms with Crippen LogP contribution < -0.4 is 10.9 Å². The molecule has 0 bridgehead atoms. The highest BCUT2D eigenvalue weighted by Crippen LogP contribution is 2.22. The fourth-order valence-electron chi connectivity index (χ4n) is 3.58. The molecule has 0 radical (unpaired) electrons. The summed E-state index contributed by atoms with van der Waals surface area (Å²) in [6, 6.07) is 23.1. The topological polar surface area (TPSA) is 101 Å². The summed E-state index contributed by atoms with van der Waals surface area (Å²) in [4.78, 5) is 24.1. The molecule has 2 heterocycles. The second-order valence-electron chi connectivity index (χ2n) is 7.22. The van der Waals surface area contributed by atoms with Crippen molar-refractivity contribution in [3.05, 3.63) is 105 Å². The SMILES string of the molecule is O=c1c2ccccc2oc2cc(O)ccc12.O=c1c2ccccc2oc2cc(O)ccc12. The molecule has 32 heavy (non-hydrogen) atoms. The van der Waals surface area contributed by atoms with Gasteiger partial charge in [0, 0.05) is 12.1 Å². The van der Waals surface area contributed by atoms with Crippen LogP contribution in [-0.4, -0.2) is 10.2 Å². The molecule has 156 valence electrons. The molecular weight excluding hydrogens is 408 g/mol. The minimum absolute atomic E-state index is 0.0724. The smallest absolute Gasteiger partial charge is 0.200 e. The molecule has 6 aromatic rings. The molecule has 0 aliphatic heterocycles. The maximum atomic E-state index is 12.1. The Bertz CT molecular complexity index is 1610. The first kappa shape index (κ1) is 19.4. The van der Waals surface area contributed by atoms with Gasteiger partial charge in [-0.2, -0.15) is 0 Å². The lowest BCUT2D eigenvalue weighted by Gasteiger charge is -2.00. The van der Waals surface area contributed by atoms with Gasteiger partial charge >= 0.3 is 0 Å². The Morgan fingerprint density at radius 1 is 0.469 bits per heavy atom. The lowest BCUT2D eigenvalue weighted by atomic mass is 10.1. The van der Waals surface area contributed by atoms with E-state index < -0.39 is 0 Å². The normalized spacial score (nSPS) is 11.0. The minimum atomic E-state index is -0.0724. The van der Waals surface area contributed by atoms with E-state index in [1.54, 1.807) is 60.7 Å². The zero-order chi connectivity index (χ0) is 22.2. The molecule has 0 aliphatic rings. The molecule has 2 aromatic heterocycles. The van der Waals surface area contributed by atoms with Crippen LogP contribution >= 0.6 is 0 Å². The average molecular weight is 424 g/mol. The van der Waals surface area contributed by atoms with E-state index in [1.165, 1.54) is 24.3 Å². The number of aromatic hydroxyl groups is 2. The van der Waals surface area contributed by atoms with Gasteiger partial charge in [0.1, 0.15) is 33.8 Å². The van der Waals surface area contributed by atoms with E-state index in [9.17, 15) is 19.8 Å². The number of phenolic OH excluding ortho intramolecular Hbond substituents is 2. The van der Waals surface area contributed by atoms with E-state index in [1.807, 2.05) is 0 Å². The van der Waals surface area contributed by atoms with E-state index in [2.05, 4.69) is 0 Å². The third-order valence-corrected chi connectivity index (χ3v) is 5.12. The van der Waals surface area contributed by atoms with Crippen LogP contribution in [0.15, 0.2) is 103 Å². The lowest BCUT2D eigenvalue weighted by Crippen LogP contribution is -2.01. The molecule has 0 spiro atoms. The van der Waals surface area contributed by atoms with Crippen molar-refractivity contribution in [3.63, 3.8) is 0 Å². The molecule has 0 unspecified atom stereocenters. The van der Waals surface area contributed by atoms with Gasteiger partial charge in [0.2, 0.25) is 10.9 Å². The Labute approximate surface area is 180 Å². The summed E-state index contributed by atoms with van der Waals surface area (Å²) in [5, 5.41) is 20.7. The summed E-state index contributed by atoms with van der Waals surface area (Å²) in [6.07, 6.45) is 0. The highest BCUT2D eigenvalue weighted by molar-refractivity contribution is 5.91. The summed E-state index contributed by atoms with van der Waals surface area (Å²) in [5.74, 6) is 0.178. The maximum absolute atomic E-state index is 12.1. The maximum Gasteiger partial charge on any atom is 0.200 e. The predicted octanol–water partition coefficient (Wildman–Crippen LogP) is 5.30. The number of hydrogen-bond acceptors (Lipinski definition) is 6. The summed E-state index contributed by atoms with van der Waals surface area (Å²) in [7, 11) is 0. The molecule has 6 heteroatoms. The molecule has 6 rings (SSSR count). The van der Waals surface area contributed by atoms with Gasteiger partial charge in [-0.15, -0.1) is 0 Å². The standard InChI is InChI=1S/2C13H8O3/c2*14-8-5-6-10-12(7-8)16-11-4-2-1-3-9(11)13(10)15/h2*1-7,14H. The number of benzene rings is 4. The van der Waals surface area contributed by atoms with E-state index in [4.69, 9.17) is 8.83 Å². The fraction of sp³-hybridized carbons (Fsp3) is 0. The van der Waals surface area contributed by atoms with Crippen molar-refractivity contribution >= 4 is 43.9 Å². The van der Waals surface area contributed by atoms with Gasteiger partial charge in [0.25, 0.3) is 0 Å². The Morgan fingerprint density at radius 3 is 1.28 bits per heavy atom.